The third-order valence-corrected chi connectivity index (χ3v) is 3.25. The van der Waals surface area contributed by atoms with Gasteiger partial charge in [-0.25, -0.2) is 9.78 Å². The molecule has 0 saturated heterocycles. The predicted octanol–water partition coefficient (Wildman–Crippen LogP) is 2.15. The van der Waals surface area contributed by atoms with Crippen LogP contribution in [0.5, 0.6) is 0 Å². The Balaban J connectivity index is 2.38. The van der Waals surface area contributed by atoms with E-state index < -0.39 is 5.97 Å². The highest BCUT2D eigenvalue weighted by molar-refractivity contribution is 7.16. The largest absolute Gasteiger partial charge is 0.478 e. The zero-order valence-corrected chi connectivity index (χ0v) is 8.56. The van der Waals surface area contributed by atoms with E-state index >= 15 is 0 Å². The smallest absolute Gasteiger partial charge is 0.336 e. The molecule has 0 atom stereocenters. The summed E-state index contributed by atoms with van der Waals surface area (Å²) in [5.74, 6) is -0.921. The maximum Gasteiger partial charge on any atom is 0.336 e. The molecule has 2 aromatic heterocycles. The number of thiophene rings is 1. The van der Waals surface area contributed by atoms with Gasteiger partial charge in [0, 0.05) is 10.8 Å². The molecule has 0 aliphatic heterocycles. The van der Waals surface area contributed by atoms with Crippen LogP contribution in [0.4, 0.5) is 5.13 Å². The van der Waals surface area contributed by atoms with Gasteiger partial charge in [-0.1, -0.05) is 0 Å². The van der Waals surface area contributed by atoms with E-state index in [1.807, 2.05) is 5.38 Å². The van der Waals surface area contributed by atoms with Crippen molar-refractivity contribution in [2.75, 3.05) is 5.73 Å². The molecule has 14 heavy (non-hydrogen) atoms. The van der Waals surface area contributed by atoms with Crippen LogP contribution >= 0.6 is 22.7 Å². The van der Waals surface area contributed by atoms with Crippen molar-refractivity contribution < 1.29 is 9.90 Å². The lowest BCUT2D eigenvalue weighted by molar-refractivity contribution is 0.0697. The Kier molecular flexibility index (Phi) is 2.22. The summed E-state index contributed by atoms with van der Waals surface area (Å²) < 4.78 is 0. The summed E-state index contributed by atoms with van der Waals surface area (Å²) in [5, 5.41) is 12.6. The first-order valence-corrected chi connectivity index (χ1v) is 5.46. The molecular formula is C8H6N2O2S2. The van der Waals surface area contributed by atoms with Crippen molar-refractivity contribution in [2.45, 2.75) is 0 Å². The average Bonchev–Trinajstić information content (AvgIpc) is 2.70. The van der Waals surface area contributed by atoms with Crippen LogP contribution in [0.25, 0.3) is 10.6 Å². The van der Waals surface area contributed by atoms with E-state index in [1.54, 1.807) is 11.4 Å². The van der Waals surface area contributed by atoms with Crippen LogP contribution in [0, 0.1) is 0 Å². The number of hydrogen-bond donors (Lipinski definition) is 2. The summed E-state index contributed by atoms with van der Waals surface area (Å²) in [7, 11) is 0. The van der Waals surface area contributed by atoms with E-state index in [2.05, 4.69) is 4.98 Å². The van der Waals surface area contributed by atoms with Gasteiger partial charge >= 0.3 is 5.97 Å². The van der Waals surface area contributed by atoms with Crippen molar-refractivity contribution in [3.05, 3.63) is 22.4 Å². The summed E-state index contributed by atoms with van der Waals surface area (Å²) in [5.41, 5.74) is 6.51. The number of carboxylic acid groups (broad SMARTS) is 1. The molecule has 0 spiro atoms. The topological polar surface area (TPSA) is 76.2 Å². The fourth-order valence-electron chi connectivity index (χ4n) is 0.983. The minimum absolute atomic E-state index is 0.288. The average molecular weight is 226 g/mol. The quantitative estimate of drug-likeness (QED) is 0.822. The molecule has 0 unspecified atom stereocenters. The van der Waals surface area contributed by atoms with Crippen molar-refractivity contribution in [3.63, 3.8) is 0 Å². The van der Waals surface area contributed by atoms with Gasteiger partial charge in [-0.3, -0.25) is 0 Å². The van der Waals surface area contributed by atoms with E-state index in [0.29, 0.717) is 5.13 Å². The number of aromatic carboxylic acids is 1. The monoisotopic (exact) mass is 226 g/mol. The number of nitrogens with zero attached hydrogens (tertiary/aromatic N) is 1. The van der Waals surface area contributed by atoms with Crippen molar-refractivity contribution in [2.24, 2.45) is 0 Å². The number of carboxylic acids is 1. The zero-order valence-electron chi connectivity index (χ0n) is 6.93. The maximum absolute atomic E-state index is 10.6. The lowest BCUT2D eigenvalue weighted by Crippen LogP contribution is -1.91. The molecule has 0 radical (unpaired) electrons. The molecule has 72 valence electrons. The van der Waals surface area contributed by atoms with Crippen molar-refractivity contribution >= 4 is 33.8 Å². The minimum atomic E-state index is -0.921. The minimum Gasteiger partial charge on any atom is -0.478 e. The standard InChI is InChI=1S/C8H6N2O2S2/c9-8-10-5(3-14-8)6-1-4(2-13-6)7(11)12/h1-3H,(H2,9,10)(H,11,12). The van der Waals surface area contributed by atoms with Gasteiger partial charge in [-0.05, 0) is 6.07 Å². The molecule has 0 aromatic carbocycles. The first-order chi connectivity index (χ1) is 6.66. The Hall–Kier alpha value is -1.40. The molecule has 0 saturated carbocycles. The van der Waals surface area contributed by atoms with Gasteiger partial charge in [-0.15, -0.1) is 22.7 Å². The third-order valence-electron chi connectivity index (χ3n) is 1.62. The lowest BCUT2D eigenvalue weighted by atomic mass is 10.3. The number of carbonyl (C=O) groups is 1. The summed E-state index contributed by atoms with van der Waals surface area (Å²) in [6.45, 7) is 0. The second kappa shape index (κ2) is 3.39. The Morgan fingerprint density at radius 1 is 1.43 bits per heavy atom. The molecule has 2 aromatic rings. The SMILES string of the molecule is Nc1nc(-c2cc(C(=O)O)cs2)cs1. The van der Waals surface area contributed by atoms with Gasteiger partial charge in [0.2, 0.25) is 0 Å². The molecule has 2 heterocycles. The molecule has 3 N–H and O–H groups in total. The van der Waals surface area contributed by atoms with E-state index in [0.717, 1.165) is 10.6 Å². The van der Waals surface area contributed by atoms with Crippen LogP contribution in [0.3, 0.4) is 0 Å². The molecule has 0 bridgehead atoms. The predicted molar refractivity (Wildman–Crippen MR) is 56.8 cm³/mol. The van der Waals surface area contributed by atoms with Crippen LogP contribution in [-0.2, 0) is 0 Å². The molecule has 0 fully saturated rings. The van der Waals surface area contributed by atoms with Gasteiger partial charge in [-0.2, -0.15) is 0 Å². The molecular weight excluding hydrogens is 220 g/mol. The molecule has 0 amide bonds. The second-order valence-corrected chi connectivity index (χ2v) is 4.38. The Labute approximate surface area is 87.6 Å². The molecule has 6 heteroatoms. The van der Waals surface area contributed by atoms with Crippen molar-refractivity contribution in [3.8, 4) is 10.6 Å². The van der Waals surface area contributed by atoms with E-state index in [-0.39, 0.29) is 5.56 Å². The lowest BCUT2D eigenvalue weighted by Gasteiger charge is -1.86. The first kappa shape index (κ1) is 9.17. The van der Waals surface area contributed by atoms with Crippen LogP contribution < -0.4 is 5.73 Å². The van der Waals surface area contributed by atoms with Crippen molar-refractivity contribution in [1.29, 1.82) is 0 Å². The van der Waals surface area contributed by atoms with Gasteiger partial charge in [0.25, 0.3) is 0 Å². The van der Waals surface area contributed by atoms with Crippen LogP contribution in [0.15, 0.2) is 16.8 Å². The Morgan fingerprint density at radius 3 is 2.71 bits per heavy atom. The number of rotatable bonds is 2. The molecule has 0 aliphatic rings. The number of thiazole rings is 1. The Bertz CT molecular complexity index is 475. The highest BCUT2D eigenvalue weighted by Gasteiger charge is 2.09. The molecule has 4 nitrogen and oxygen atoms in total. The summed E-state index contributed by atoms with van der Waals surface area (Å²) in [4.78, 5) is 15.5. The molecule has 0 aliphatic carbocycles. The van der Waals surface area contributed by atoms with Gasteiger partial charge in [0.1, 0.15) is 0 Å². The zero-order chi connectivity index (χ0) is 10.1. The van der Waals surface area contributed by atoms with E-state index in [1.165, 1.54) is 22.7 Å². The fourth-order valence-corrected chi connectivity index (χ4v) is 2.46. The summed E-state index contributed by atoms with van der Waals surface area (Å²) in [6, 6.07) is 1.60. The third kappa shape index (κ3) is 1.61. The number of nitrogen functional groups attached to an aromatic ring is 1. The van der Waals surface area contributed by atoms with Crippen LogP contribution in [-0.4, -0.2) is 16.1 Å². The highest BCUT2D eigenvalue weighted by Crippen LogP contribution is 2.28. The van der Waals surface area contributed by atoms with Crippen molar-refractivity contribution in [1.82, 2.24) is 4.98 Å². The van der Waals surface area contributed by atoms with Crippen LogP contribution in [0.2, 0.25) is 0 Å². The van der Waals surface area contributed by atoms with Gasteiger partial charge in [0.05, 0.1) is 16.1 Å². The number of anilines is 1. The molecule has 2 rings (SSSR count). The van der Waals surface area contributed by atoms with Crippen LogP contribution in [0.1, 0.15) is 10.4 Å². The van der Waals surface area contributed by atoms with Gasteiger partial charge < -0.3 is 10.8 Å². The second-order valence-electron chi connectivity index (χ2n) is 2.58. The van der Waals surface area contributed by atoms with Gasteiger partial charge in [0.15, 0.2) is 5.13 Å². The normalized spacial score (nSPS) is 10.3. The Morgan fingerprint density at radius 2 is 2.21 bits per heavy atom. The maximum atomic E-state index is 10.6. The fraction of sp³-hybridized carbons (Fsp3) is 0. The van der Waals surface area contributed by atoms with E-state index in [4.69, 9.17) is 10.8 Å². The number of hydrogen-bond acceptors (Lipinski definition) is 5. The number of aromatic nitrogens is 1. The summed E-state index contributed by atoms with van der Waals surface area (Å²) >= 11 is 2.69. The van der Waals surface area contributed by atoms with E-state index in [9.17, 15) is 4.79 Å². The summed E-state index contributed by atoms with van der Waals surface area (Å²) in [6.07, 6.45) is 0. The first-order valence-electron chi connectivity index (χ1n) is 3.70. The number of nitrogens with two attached hydrogens (primary N) is 1. The highest BCUT2D eigenvalue weighted by atomic mass is 32.1.